The molecule has 0 spiro atoms. The lowest BCUT2D eigenvalue weighted by atomic mass is 9.82. The second kappa shape index (κ2) is 6.57. The number of carbonyl (C=O) groups excluding carboxylic acids is 2. The predicted molar refractivity (Wildman–Crippen MR) is 78.3 cm³/mol. The summed E-state index contributed by atoms with van der Waals surface area (Å²) in [5, 5.41) is 3.23. The minimum absolute atomic E-state index is 0.0756. The zero-order valence-corrected chi connectivity index (χ0v) is 12.8. The molecular formula is C15H27N3O2. The van der Waals surface area contributed by atoms with E-state index in [9.17, 15) is 9.59 Å². The van der Waals surface area contributed by atoms with Crippen molar-refractivity contribution < 1.29 is 9.59 Å². The highest BCUT2D eigenvalue weighted by atomic mass is 16.2. The van der Waals surface area contributed by atoms with Gasteiger partial charge in [-0.3, -0.25) is 9.59 Å². The number of hydrogen-bond acceptors (Lipinski definition) is 3. The number of piperazine rings is 1. The summed E-state index contributed by atoms with van der Waals surface area (Å²) < 4.78 is 0. The van der Waals surface area contributed by atoms with E-state index < -0.39 is 0 Å². The molecule has 1 saturated heterocycles. The second-order valence-corrected chi connectivity index (χ2v) is 6.13. The Morgan fingerprint density at radius 3 is 2.35 bits per heavy atom. The smallest absolute Gasteiger partial charge is 0.242 e. The molecule has 1 aliphatic carbocycles. The Bertz CT molecular complexity index is 358. The van der Waals surface area contributed by atoms with Gasteiger partial charge < -0.3 is 15.1 Å². The molecule has 5 nitrogen and oxygen atoms in total. The summed E-state index contributed by atoms with van der Waals surface area (Å²) in [5.41, 5.74) is -0.196. The highest BCUT2D eigenvalue weighted by Crippen LogP contribution is 2.42. The van der Waals surface area contributed by atoms with Gasteiger partial charge in [-0.2, -0.15) is 0 Å². The van der Waals surface area contributed by atoms with Crippen LogP contribution in [0.5, 0.6) is 0 Å². The summed E-state index contributed by atoms with van der Waals surface area (Å²) in [4.78, 5) is 28.4. The van der Waals surface area contributed by atoms with Gasteiger partial charge in [0.15, 0.2) is 0 Å². The topological polar surface area (TPSA) is 52.7 Å². The average Bonchev–Trinajstić information content (AvgIpc) is 2.97. The van der Waals surface area contributed by atoms with E-state index in [0.717, 1.165) is 58.3 Å². The van der Waals surface area contributed by atoms with Gasteiger partial charge in [-0.05, 0) is 19.3 Å². The van der Waals surface area contributed by atoms with Crippen LogP contribution in [0.2, 0.25) is 0 Å². The summed E-state index contributed by atoms with van der Waals surface area (Å²) in [6.45, 7) is 5.51. The average molecular weight is 281 g/mol. The first-order valence-electron chi connectivity index (χ1n) is 7.83. The number of carbonyl (C=O) groups is 2. The zero-order chi connectivity index (χ0) is 14.6. The van der Waals surface area contributed by atoms with Crippen LogP contribution >= 0.6 is 0 Å². The van der Waals surface area contributed by atoms with Crippen LogP contribution in [0, 0.1) is 5.41 Å². The molecule has 1 saturated carbocycles. The Kier molecular flexibility index (Phi) is 5.02. The van der Waals surface area contributed by atoms with E-state index in [-0.39, 0.29) is 23.8 Å². The number of nitrogens with one attached hydrogen (secondary N) is 1. The normalized spacial score (nSPS) is 21.8. The van der Waals surface area contributed by atoms with Crippen LogP contribution in [0.1, 0.15) is 39.0 Å². The molecule has 2 aliphatic rings. The first-order chi connectivity index (χ1) is 9.59. The maximum atomic E-state index is 12.7. The molecule has 1 aliphatic heterocycles. The maximum absolute atomic E-state index is 12.7. The molecule has 20 heavy (non-hydrogen) atoms. The Balaban J connectivity index is 1.91. The molecule has 0 radical (unpaired) electrons. The van der Waals surface area contributed by atoms with Crippen molar-refractivity contribution in [1.82, 2.24) is 15.1 Å². The molecule has 114 valence electrons. The number of rotatable bonds is 4. The van der Waals surface area contributed by atoms with Crippen molar-refractivity contribution in [1.29, 1.82) is 0 Å². The molecule has 0 aromatic rings. The standard InChI is InChI=1S/C15H27N3O2/c1-3-15(6-4-5-7-15)14(20)17(2)12-13(19)18-10-8-16-9-11-18/h16H,3-12H2,1-2H3. The second-order valence-electron chi connectivity index (χ2n) is 6.13. The molecule has 5 heteroatoms. The van der Waals surface area contributed by atoms with Gasteiger partial charge in [-0.15, -0.1) is 0 Å². The molecule has 2 amide bonds. The third kappa shape index (κ3) is 3.14. The molecule has 1 heterocycles. The molecule has 0 unspecified atom stereocenters. The number of likely N-dealkylation sites (N-methyl/N-ethyl adjacent to an activating group) is 1. The first kappa shape index (κ1) is 15.3. The van der Waals surface area contributed by atoms with E-state index in [1.807, 2.05) is 4.90 Å². The van der Waals surface area contributed by atoms with E-state index in [1.54, 1.807) is 11.9 Å². The van der Waals surface area contributed by atoms with Crippen molar-refractivity contribution in [2.24, 2.45) is 5.41 Å². The van der Waals surface area contributed by atoms with E-state index in [0.29, 0.717) is 0 Å². The Hall–Kier alpha value is -1.10. The van der Waals surface area contributed by atoms with E-state index in [2.05, 4.69) is 12.2 Å². The van der Waals surface area contributed by atoms with Gasteiger partial charge >= 0.3 is 0 Å². The van der Waals surface area contributed by atoms with Crippen molar-refractivity contribution in [3.63, 3.8) is 0 Å². The van der Waals surface area contributed by atoms with E-state index in [4.69, 9.17) is 0 Å². The Labute approximate surface area is 121 Å². The Morgan fingerprint density at radius 1 is 1.20 bits per heavy atom. The zero-order valence-electron chi connectivity index (χ0n) is 12.8. The highest BCUT2D eigenvalue weighted by molar-refractivity contribution is 5.88. The first-order valence-corrected chi connectivity index (χ1v) is 7.83. The van der Waals surface area contributed by atoms with Crippen molar-refractivity contribution in [3.05, 3.63) is 0 Å². The fraction of sp³-hybridized carbons (Fsp3) is 0.867. The van der Waals surface area contributed by atoms with Gasteiger partial charge in [0.2, 0.25) is 11.8 Å². The van der Waals surface area contributed by atoms with Crippen LogP contribution in [0.25, 0.3) is 0 Å². The van der Waals surface area contributed by atoms with E-state index >= 15 is 0 Å². The van der Waals surface area contributed by atoms with Crippen molar-refractivity contribution in [3.8, 4) is 0 Å². The van der Waals surface area contributed by atoms with Crippen LogP contribution in [-0.4, -0.2) is 61.4 Å². The molecule has 1 N–H and O–H groups in total. The third-order valence-electron chi connectivity index (χ3n) is 4.88. The van der Waals surface area contributed by atoms with Gasteiger partial charge in [0.05, 0.1) is 6.54 Å². The SMILES string of the molecule is CCC1(C(=O)N(C)CC(=O)N2CCNCC2)CCCC1. The summed E-state index contributed by atoms with van der Waals surface area (Å²) in [5.74, 6) is 0.243. The molecule has 2 rings (SSSR count). The van der Waals surface area contributed by atoms with Gasteiger partial charge in [0.25, 0.3) is 0 Å². The van der Waals surface area contributed by atoms with Gasteiger partial charge in [-0.1, -0.05) is 19.8 Å². The summed E-state index contributed by atoms with van der Waals surface area (Å²) in [7, 11) is 1.78. The maximum Gasteiger partial charge on any atom is 0.242 e. The molecule has 0 aromatic heterocycles. The summed E-state index contributed by atoms with van der Waals surface area (Å²) in [6.07, 6.45) is 5.12. The highest BCUT2D eigenvalue weighted by Gasteiger charge is 2.41. The molecule has 2 fully saturated rings. The molecule has 0 bridgehead atoms. The van der Waals surface area contributed by atoms with Crippen LogP contribution in [-0.2, 0) is 9.59 Å². The molecular weight excluding hydrogens is 254 g/mol. The monoisotopic (exact) mass is 281 g/mol. The number of hydrogen-bond donors (Lipinski definition) is 1. The minimum atomic E-state index is -0.196. The Morgan fingerprint density at radius 2 is 1.80 bits per heavy atom. The van der Waals surface area contributed by atoms with Crippen molar-refractivity contribution in [2.75, 3.05) is 39.8 Å². The fourth-order valence-electron chi connectivity index (χ4n) is 3.46. The van der Waals surface area contributed by atoms with Crippen LogP contribution < -0.4 is 5.32 Å². The number of amides is 2. The molecule has 0 aromatic carbocycles. The third-order valence-corrected chi connectivity index (χ3v) is 4.88. The summed E-state index contributed by atoms with van der Waals surface area (Å²) >= 11 is 0. The lowest BCUT2D eigenvalue weighted by Gasteiger charge is -2.33. The van der Waals surface area contributed by atoms with Crippen molar-refractivity contribution >= 4 is 11.8 Å². The van der Waals surface area contributed by atoms with Gasteiger partial charge in [0, 0.05) is 38.6 Å². The van der Waals surface area contributed by atoms with Crippen LogP contribution in [0.3, 0.4) is 0 Å². The lowest BCUT2D eigenvalue weighted by molar-refractivity contribution is -0.146. The van der Waals surface area contributed by atoms with Crippen LogP contribution in [0.4, 0.5) is 0 Å². The van der Waals surface area contributed by atoms with E-state index in [1.165, 1.54) is 0 Å². The van der Waals surface area contributed by atoms with Gasteiger partial charge in [-0.25, -0.2) is 0 Å². The van der Waals surface area contributed by atoms with Crippen LogP contribution in [0.15, 0.2) is 0 Å². The lowest BCUT2D eigenvalue weighted by Crippen LogP contribution is -2.51. The van der Waals surface area contributed by atoms with Gasteiger partial charge in [0.1, 0.15) is 0 Å². The quantitative estimate of drug-likeness (QED) is 0.831. The molecule has 0 atom stereocenters. The summed E-state index contributed by atoms with van der Waals surface area (Å²) in [6, 6.07) is 0. The minimum Gasteiger partial charge on any atom is -0.339 e. The predicted octanol–water partition coefficient (Wildman–Crippen LogP) is 0.847. The number of nitrogens with zero attached hydrogens (tertiary/aromatic N) is 2. The van der Waals surface area contributed by atoms with Crippen molar-refractivity contribution in [2.45, 2.75) is 39.0 Å². The largest absolute Gasteiger partial charge is 0.339 e. The fourth-order valence-corrected chi connectivity index (χ4v) is 3.46.